The van der Waals surface area contributed by atoms with Gasteiger partial charge in [-0.2, -0.15) is 5.10 Å². The molecule has 0 unspecified atom stereocenters. The van der Waals surface area contributed by atoms with Crippen LogP contribution in [0.1, 0.15) is 29.3 Å². The van der Waals surface area contributed by atoms with Crippen LogP contribution < -0.4 is 5.32 Å². The summed E-state index contributed by atoms with van der Waals surface area (Å²) in [4.78, 5) is 14.6. The van der Waals surface area contributed by atoms with Crippen LogP contribution in [0.5, 0.6) is 0 Å². The van der Waals surface area contributed by atoms with Gasteiger partial charge in [0.05, 0.1) is 30.5 Å². The molecule has 0 aliphatic carbocycles. The van der Waals surface area contributed by atoms with Crippen molar-refractivity contribution in [1.29, 1.82) is 0 Å². The Morgan fingerprint density at radius 1 is 1.46 bits per heavy atom. The number of carbonyl (C=O) groups is 1. The van der Waals surface area contributed by atoms with Crippen molar-refractivity contribution in [2.75, 3.05) is 19.7 Å². The van der Waals surface area contributed by atoms with Crippen molar-refractivity contribution in [3.05, 3.63) is 53.9 Å². The molecule has 6 heteroatoms. The van der Waals surface area contributed by atoms with Gasteiger partial charge >= 0.3 is 0 Å². The third-order valence-corrected chi connectivity index (χ3v) is 4.39. The van der Waals surface area contributed by atoms with Crippen LogP contribution in [-0.2, 0) is 11.3 Å². The summed E-state index contributed by atoms with van der Waals surface area (Å²) >= 11 is 0. The molecule has 1 fully saturated rings. The smallest absolute Gasteiger partial charge is 0.254 e. The fourth-order valence-electron chi connectivity index (χ4n) is 3.04. The van der Waals surface area contributed by atoms with Crippen molar-refractivity contribution in [3.63, 3.8) is 0 Å². The van der Waals surface area contributed by atoms with Crippen molar-refractivity contribution >= 4 is 5.91 Å². The summed E-state index contributed by atoms with van der Waals surface area (Å²) in [5.74, 6) is -0.112. The Kier molecular flexibility index (Phi) is 5.61. The lowest BCUT2D eigenvalue weighted by atomic mass is 10.1. The standard InChI is InChI=1S/C18H24N4O2/c1-2-16(21-18(23)15-10-19-20-11-15)17-13-22(8-9-24-17)12-14-6-4-3-5-7-14/h3-7,10-11,16-17H,2,8-9,12-13H2,1H3,(H,19,20)(H,21,23)/t16-,17-/m0/s1. The molecule has 1 aromatic carbocycles. The average Bonchev–Trinajstić information content (AvgIpc) is 3.15. The zero-order valence-electron chi connectivity index (χ0n) is 13.9. The fraction of sp³-hybridized carbons (Fsp3) is 0.444. The second-order valence-electron chi connectivity index (χ2n) is 6.11. The molecule has 0 saturated carbocycles. The Morgan fingerprint density at radius 2 is 2.29 bits per heavy atom. The number of benzene rings is 1. The molecule has 2 aromatic rings. The van der Waals surface area contributed by atoms with Gasteiger partial charge in [0.2, 0.25) is 0 Å². The zero-order chi connectivity index (χ0) is 16.8. The van der Waals surface area contributed by atoms with Crippen molar-refractivity contribution in [2.45, 2.75) is 32.0 Å². The van der Waals surface area contributed by atoms with Gasteiger partial charge in [0.15, 0.2) is 0 Å². The van der Waals surface area contributed by atoms with Crippen LogP contribution in [0.3, 0.4) is 0 Å². The van der Waals surface area contributed by atoms with Crippen molar-refractivity contribution in [2.24, 2.45) is 0 Å². The number of aromatic nitrogens is 2. The molecular formula is C18H24N4O2. The highest BCUT2D eigenvalue weighted by Crippen LogP contribution is 2.15. The Hall–Kier alpha value is -2.18. The van der Waals surface area contributed by atoms with Gasteiger partial charge in [0.25, 0.3) is 5.91 Å². The topological polar surface area (TPSA) is 70.2 Å². The number of ether oxygens (including phenoxy) is 1. The largest absolute Gasteiger partial charge is 0.373 e. The Morgan fingerprint density at radius 3 is 3.00 bits per heavy atom. The molecule has 1 amide bonds. The quantitative estimate of drug-likeness (QED) is 0.848. The summed E-state index contributed by atoms with van der Waals surface area (Å²) in [7, 11) is 0. The molecule has 128 valence electrons. The van der Waals surface area contributed by atoms with E-state index in [-0.39, 0.29) is 18.1 Å². The van der Waals surface area contributed by atoms with Crippen LogP contribution in [0.15, 0.2) is 42.7 Å². The van der Waals surface area contributed by atoms with Crippen molar-refractivity contribution < 1.29 is 9.53 Å². The lowest BCUT2D eigenvalue weighted by Crippen LogP contribution is -2.53. The third-order valence-electron chi connectivity index (χ3n) is 4.39. The Balaban J connectivity index is 1.58. The lowest BCUT2D eigenvalue weighted by Gasteiger charge is -2.37. The van der Waals surface area contributed by atoms with E-state index in [1.54, 1.807) is 6.20 Å². The van der Waals surface area contributed by atoms with Gasteiger partial charge < -0.3 is 10.1 Å². The van der Waals surface area contributed by atoms with Gasteiger partial charge in [0.1, 0.15) is 0 Å². The number of nitrogens with zero attached hydrogens (tertiary/aromatic N) is 2. The van der Waals surface area contributed by atoms with Crippen molar-refractivity contribution in [1.82, 2.24) is 20.4 Å². The summed E-state index contributed by atoms with van der Waals surface area (Å²) in [5, 5.41) is 9.56. The van der Waals surface area contributed by atoms with E-state index < -0.39 is 0 Å². The van der Waals surface area contributed by atoms with E-state index in [0.29, 0.717) is 12.2 Å². The van der Waals surface area contributed by atoms with Crippen LogP contribution in [-0.4, -0.2) is 52.8 Å². The molecule has 1 aromatic heterocycles. The molecule has 2 atom stereocenters. The highest BCUT2D eigenvalue weighted by molar-refractivity contribution is 5.93. The van der Waals surface area contributed by atoms with E-state index in [9.17, 15) is 4.79 Å². The predicted octanol–water partition coefficient (Wildman–Crippen LogP) is 1.82. The van der Waals surface area contributed by atoms with Gasteiger partial charge in [-0.3, -0.25) is 14.8 Å². The molecule has 3 rings (SSSR count). The first-order chi connectivity index (χ1) is 11.8. The summed E-state index contributed by atoms with van der Waals surface area (Å²) in [6, 6.07) is 10.4. The van der Waals surface area contributed by atoms with Crippen LogP contribution in [0, 0.1) is 0 Å². The van der Waals surface area contributed by atoms with E-state index >= 15 is 0 Å². The number of aromatic amines is 1. The van der Waals surface area contributed by atoms with Gasteiger partial charge in [-0.05, 0) is 12.0 Å². The predicted molar refractivity (Wildman–Crippen MR) is 91.6 cm³/mol. The van der Waals surface area contributed by atoms with Gasteiger partial charge in [-0.25, -0.2) is 0 Å². The van der Waals surface area contributed by atoms with Gasteiger partial charge in [-0.15, -0.1) is 0 Å². The normalized spacial score (nSPS) is 19.8. The van der Waals surface area contributed by atoms with Crippen LogP contribution in [0.25, 0.3) is 0 Å². The minimum Gasteiger partial charge on any atom is -0.373 e. The summed E-state index contributed by atoms with van der Waals surface area (Å²) < 4.78 is 5.94. The van der Waals surface area contributed by atoms with Gasteiger partial charge in [-0.1, -0.05) is 37.3 Å². The number of morpholine rings is 1. The van der Waals surface area contributed by atoms with Crippen LogP contribution in [0.4, 0.5) is 0 Å². The molecule has 0 radical (unpaired) electrons. The fourth-order valence-corrected chi connectivity index (χ4v) is 3.04. The summed E-state index contributed by atoms with van der Waals surface area (Å²) in [6.07, 6.45) is 3.97. The van der Waals surface area contributed by atoms with Crippen LogP contribution in [0.2, 0.25) is 0 Å². The van der Waals surface area contributed by atoms with Crippen LogP contribution >= 0.6 is 0 Å². The first-order valence-electron chi connectivity index (χ1n) is 8.43. The summed E-state index contributed by atoms with van der Waals surface area (Å²) in [6.45, 7) is 5.40. The third kappa shape index (κ3) is 4.21. The maximum Gasteiger partial charge on any atom is 0.254 e. The molecule has 6 nitrogen and oxygen atoms in total. The maximum absolute atomic E-state index is 12.3. The van der Waals surface area contributed by atoms with E-state index in [4.69, 9.17) is 4.74 Å². The molecule has 2 N–H and O–H groups in total. The highest BCUT2D eigenvalue weighted by Gasteiger charge is 2.28. The molecule has 1 saturated heterocycles. The minimum atomic E-state index is -0.112. The number of hydrogen-bond donors (Lipinski definition) is 2. The van der Waals surface area contributed by atoms with E-state index in [1.165, 1.54) is 11.8 Å². The summed E-state index contributed by atoms with van der Waals surface area (Å²) in [5.41, 5.74) is 1.85. The van der Waals surface area contributed by atoms with E-state index in [2.05, 4.69) is 51.6 Å². The number of rotatable bonds is 6. The SMILES string of the molecule is CC[C@H](NC(=O)c1cn[nH]c1)[C@@H]1CN(Cc2ccccc2)CCO1. The monoisotopic (exact) mass is 328 g/mol. The number of nitrogens with one attached hydrogen (secondary N) is 2. The Labute approximate surface area is 142 Å². The second kappa shape index (κ2) is 8.08. The zero-order valence-corrected chi connectivity index (χ0v) is 13.9. The molecule has 1 aliphatic rings. The molecule has 1 aliphatic heterocycles. The van der Waals surface area contributed by atoms with E-state index in [0.717, 1.165) is 26.1 Å². The number of carbonyl (C=O) groups excluding carboxylic acids is 1. The minimum absolute atomic E-state index is 0.00307. The second-order valence-corrected chi connectivity index (χ2v) is 6.11. The highest BCUT2D eigenvalue weighted by atomic mass is 16.5. The molecule has 2 heterocycles. The number of H-pyrrole nitrogens is 1. The molecule has 24 heavy (non-hydrogen) atoms. The van der Waals surface area contributed by atoms with E-state index in [1.807, 2.05) is 6.07 Å². The molecular weight excluding hydrogens is 304 g/mol. The number of amides is 1. The number of hydrogen-bond acceptors (Lipinski definition) is 4. The Bertz CT molecular complexity index is 630. The average molecular weight is 328 g/mol. The molecule has 0 spiro atoms. The lowest BCUT2D eigenvalue weighted by molar-refractivity contribution is -0.0483. The first kappa shape index (κ1) is 16.7. The first-order valence-corrected chi connectivity index (χ1v) is 8.43. The van der Waals surface area contributed by atoms with Gasteiger partial charge in [0, 0.05) is 25.8 Å². The molecule has 0 bridgehead atoms. The maximum atomic E-state index is 12.3. The van der Waals surface area contributed by atoms with Crippen molar-refractivity contribution in [3.8, 4) is 0 Å².